The first-order valence-electron chi connectivity index (χ1n) is 10.2. The highest BCUT2D eigenvalue weighted by molar-refractivity contribution is 6.05. The van der Waals surface area contributed by atoms with Gasteiger partial charge in [0.25, 0.3) is 5.91 Å². The topological polar surface area (TPSA) is 104 Å². The Bertz CT molecular complexity index is 1110. The maximum Gasteiger partial charge on any atom is 0.324 e. The third-order valence-corrected chi connectivity index (χ3v) is 5.42. The van der Waals surface area contributed by atoms with Crippen molar-refractivity contribution in [2.75, 3.05) is 19.0 Å². The van der Waals surface area contributed by atoms with Gasteiger partial charge in [-0.1, -0.05) is 18.2 Å². The van der Waals surface area contributed by atoms with Crippen LogP contribution in [0.3, 0.4) is 0 Å². The number of imide groups is 1. The number of benzene rings is 2. The van der Waals surface area contributed by atoms with Gasteiger partial charge < -0.3 is 20.4 Å². The van der Waals surface area contributed by atoms with Crippen LogP contribution < -0.4 is 15.4 Å². The van der Waals surface area contributed by atoms with E-state index in [-0.39, 0.29) is 31.2 Å². The Morgan fingerprint density at radius 2 is 1.94 bits per heavy atom. The number of urea groups is 1. The van der Waals surface area contributed by atoms with Crippen LogP contribution >= 0.6 is 0 Å². The Morgan fingerprint density at radius 1 is 1.13 bits per heavy atom. The number of hydrogen-bond acceptors (Lipinski definition) is 4. The normalized spacial score (nSPS) is 15.9. The number of amides is 4. The van der Waals surface area contributed by atoms with Crippen molar-refractivity contribution in [3.05, 3.63) is 60.3 Å². The molecule has 0 bridgehead atoms. The molecular weight excluding hydrogens is 396 g/mol. The molecule has 0 saturated carbocycles. The van der Waals surface area contributed by atoms with E-state index in [1.807, 2.05) is 54.7 Å². The summed E-state index contributed by atoms with van der Waals surface area (Å²) in [7, 11) is 1.60. The van der Waals surface area contributed by atoms with Crippen LogP contribution in [0.4, 0.5) is 10.5 Å². The summed E-state index contributed by atoms with van der Waals surface area (Å²) >= 11 is 0. The largest absolute Gasteiger partial charge is 0.497 e. The van der Waals surface area contributed by atoms with E-state index in [9.17, 15) is 14.4 Å². The second-order valence-electron chi connectivity index (χ2n) is 7.42. The summed E-state index contributed by atoms with van der Waals surface area (Å²) in [6, 6.07) is 13.9. The highest BCUT2D eigenvalue weighted by Crippen LogP contribution is 2.22. The van der Waals surface area contributed by atoms with Gasteiger partial charge in [-0.05, 0) is 48.7 Å². The molecule has 1 aliphatic heterocycles. The van der Waals surface area contributed by atoms with Crippen LogP contribution in [0.25, 0.3) is 10.9 Å². The number of nitrogens with one attached hydrogen (secondary N) is 3. The Labute approximate surface area is 179 Å². The number of rotatable bonds is 8. The average molecular weight is 420 g/mol. The smallest absolute Gasteiger partial charge is 0.324 e. The number of anilines is 1. The number of aromatic amines is 1. The highest BCUT2D eigenvalue weighted by Gasteiger charge is 2.37. The molecule has 1 fully saturated rings. The van der Waals surface area contributed by atoms with Gasteiger partial charge in [0.15, 0.2) is 0 Å². The van der Waals surface area contributed by atoms with Crippen molar-refractivity contribution in [2.24, 2.45) is 0 Å². The van der Waals surface area contributed by atoms with Gasteiger partial charge in [0.05, 0.1) is 12.8 Å². The first kappa shape index (κ1) is 20.5. The van der Waals surface area contributed by atoms with Gasteiger partial charge in [-0.2, -0.15) is 0 Å². The molecule has 1 atom stereocenters. The fourth-order valence-corrected chi connectivity index (χ4v) is 3.70. The van der Waals surface area contributed by atoms with Gasteiger partial charge in [0.1, 0.15) is 11.8 Å². The summed E-state index contributed by atoms with van der Waals surface area (Å²) in [5, 5.41) is 6.49. The quantitative estimate of drug-likeness (QED) is 0.487. The highest BCUT2D eigenvalue weighted by atomic mass is 16.5. The summed E-state index contributed by atoms with van der Waals surface area (Å²) in [4.78, 5) is 41.6. The lowest BCUT2D eigenvalue weighted by molar-refractivity contribution is -0.127. The lowest BCUT2D eigenvalue weighted by Crippen LogP contribution is -2.33. The minimum absolute atomic E-state index is 0.129. The molecule has 1 aromatic heterocycles. The molecule has 0 unspecified atom stereocenters. The van der Waals surface area contributed by atoms with Gasteiger partial charge in [-0.25, -0.2) is 4.79 Å². The molecule has 4 amide bonds. The van der Waals surface area contributed by atoms with E-state index in [4.69, 9.17) is 4.74 Å². The molecule has 1 saturated heterocycles. The molecule has 3 aromatic rings. The van der Waals surface area contributed by atoms with Crippen LogP contribution in [0.15, 0.2) is 54.7 Å². The fourth-order valence-electron chi connectivity index (χ4n) is 3.70. The Kier molecular flexibility index (Phi) is 5.88. The van der Waals surface area contributed by atoms with E-state index in [1.165, 1.54) is 4.90 Å². The van der Waals surface area contributed by atoms with Gasteiger partial charge in [-0.3, -0.25) is 14.5 Å². The molecule has 0 spiro atoms. The number of H-pyrrole nitrogens is 1. The molecule has 31 heavy (non-hydrogen) atoms. The third-order valence-electron chi connectivity index (χ3n) is 5.42. The number of carbonyl (C=O) groups excluding carboxylic acids is 3. The number of hydrogen-bond donors (Lipinski definition) is 3. The first-order chi connectivity index (χ1) is 15.0. The van der Waals surface area contributed by atoms with Gasteiger partial charge in [0.2, 0.25) is 5.91 Å². The third kappa shape index (κ3) is 4.53. The molecule has 8 heteroatoms. The molecule has 0 radical (unpaired) electrons. The molecule has 160 valence electrons. The number of aromatic nitrogens is 1. The van der Waals surface area contributed by atoms with Crippen LogP contribution in [0.1, 0.15) is 18.4 Å². The van der Waals surface area contributed by atoms with E-state index >= 15 is 0 Å². The Balaban J connectivity index is 1.29. The van der Waals surface area contributed by atoms with E-state index < -0.39 is 12.1 Å². The van der Waals surface area contributed by atoms with Crippen molar-refractivity contribution in [1.82, 2.24) is 15.2 Å². The van der Waals surface area contributed by atoms with Crippen LogP contribution in [-0.2, 0) is 16.0 Å². The second-order valence-corrected chi connectivity index (χ2v) is 7.42. The van der Waals surface area contributed by atoms with E-state index in [1.54, 1.807) is 7.11 Å². The van der Waals surface area contributed by atoms with Crippen molar-refractivity contribution in [3.8, 4) is 5.75 Å². The fraction of sp³-hybridized carbons (Fsp3) is 0.261. The van der Waals surface area contributed by atoms with Gasteiger partial charge >= 0.3 is 6.03 Å². The predicted molar refractivity (Wildman–Crippen MR) is 117 cm³/mol. The summed E-state index contributed by atoms with van der Waals surface area (Å²) in [6.45, 7) is 0.287. The average Bonchev–Trinajstić information content (AvgIpc) is 3.36. The lowest BCUT2D eigenvalue weighted by atomic mass is 10.1. The molecule has 3 N–H and O–H groups in total. The minimum Gasteiger partial charge on any atom is -0.497 e. The van der Waals surface area contributed by atoms with Crippen LogP contribution in [-0.4, -0.2) is 47.4 Å². The molecule has 2 heterocycles. The van der Waals surface area contributed by atoms with E-state index in [0.717, 1.165) is 22.2 Å². The Hall–Kier alpha value is -3.81. The van der Waals surface area contributed by atoms with Crippen molar-refractivity contribution in [2.45, 2.75) is 25.3 Å². The number of ether oxygens (including phenoxy) is 1. The zero-order chi connectivity index (χ0) is 21.8. The molecule has 8 nitrogen and oxygen atoms in total. The van der Waals surface area contributed by atoms with Crippen LogP contribution in [0.2, 0.25) is 0 Å². The van der Waals surface area contributed by atoms with Crippen molar-refractivity contribution in [3.63, 3.8) is 0 Å². The SMILES string of the molecule is COc1ccc(CCN2C(=O)N[C@H](CCC(=O)Nc3cccc4[nH]ccc34)C2=O)cc1. The summed E-state index contributed by atoms with van der Waals surface area (Å²) in [5.74, 6) is 0.260. The maximum atomic E-state index is 12.6. The van der Waals surface area contributed by atoms with E-state index in [2.05, 4.69) is 15.6 Å². The molecular formula is C23H24N4O4. The maximum absolute atomic E-state index is 12.6. The van der Waals surface area contributed by atoms with Gasteiger partial charge in [0, 0.05) is 30.1 Å². The first-order valence-corrected chi connectivity index (χ1v) is 10.2. The molecule has 1 aliphatic rings. The van der Waals surface area contributed by atoms with E-state index in [0.29, 0.717) is 12.1 Å². The predicted octanol–water partition coefficient (Wildman–Crippen LogP) is 3.06. The molecule has 0 aliphatic carbocycles. The number of carbonyl (C=O) groups is 3. The van der Waals surface area contributed by atoms with Crippen molar-refractivity contribution >= 4 is 34.4 Å². The van der Waals surface area contributed by atoms with Crippen molar-refractivity contribution < 1.29 is 19.1 Å². The number of fused-ring (bicyclic) bond motifs is 1. The standard InChI is InChI=1S/C23H24N4O4/c1-31-16-7-5-15(6-8-16)12-14-27-22(29)20(26-23(27)30)9-10-21(28)25-19-4-2-3-18-17(19)11-13-24-18/h2-8,11,13,20,24H,9-10,12,14H2,1H3,(H,25,28)(H,26,30)/t20-/m1/s1. The minimum atomic E-state index is -0.683. The Morgan fingerprint density at radius 3 is 2.71 bits per heavy atom. The number of methoxy groups -OCH3 is 1. The summed E-state index contributed by atoms with van der Waals surface area (Å²) in [6.07, 6.45) is 2.74. The summed E-state index contributed by atoms with van der Waals surface area (Å²) < 4.78 is 5.13. The van der Waals surface area contributed by atoms with Crippen LogP contribution in [0.5, 0.6) is 5.75 Å². The second kappa shape index (κ2) is 8.91. The molecule has 2 aromatic carbocycles. The van der Waals surface area contributed by atoms with Crippen molar-refractivity contribution in [1.29, 1.82) is 0 Å². The zero-order valence-corrected chi connectivity index (χ0v) is 17.2. The zero-order valence-electron chi connectivity index (χ0n) is 17.2. The lowest BCUT2D eigenvalue weighted by Gasteiger charge is -2.13. The molecule has 4 rings (SSSR count). The van der Waals surface area contributed by atoms with Crippen LogP contribution in [0, 0.1) is 0 Å². The summed E-state index contributed by atoms with van der Waals surface area (Å²) in [5.41, 5.74) is 2.65. The monoisotopic (exact) mass is 420 g/mol. The van der Waals surface area contributed by atoms with Gasteiger partial charge in [-0.15, -0.1) is 0 Å². The number of nitrogens with zero attached hydrogens (tertiary/aromatic N) is 1.